The maximum atomic E-state index is 13.0. The molecule has 3 rings (SSSR count). The van der Waals surface area contributed by atoms with E-state index in [-0.39, 0.29) is 16.6 Å². The number of rotatable bonds is 6. The number of nitro benzene ring substituents is 1. The Hall–Kier alpha value is -2.83. The van der Waals surface area contributed by atoms with E-state index in [9.17, 15) is 14.9 Å². The fourth-order valence-corrected chi connectivity index (χ4v) is 3.72. The molecule has 0 saturated heterocycles. The summed E-state index contributed by atoms with van der Waals surface area (Å²) < 4.78 is 0. The summed E-state index contributed by atoms with van der Waals surface area (Å²) in [6, 6.07) is 23.0. The van der Waals surface area contributed by atoms with Crippen molar-refractivity contribution in [2.45, 2.75) is 10.1 Å². The quantitative estimate of drug-likeness (QED) is 0.327. The van der Waals surface area contributed by atoms with Crippen molar-refractivity contribution < 1.29 is 9.72 Å². The molecule has 1 N–H and O–H groups in total. The highest BCUT2D eigenvalue weighted by molar-refractivity contribution is 8.00. The van der Waals surface area contributed by atoms with Gasteiger partial charge in [-0.05, 0) is 23.8 Å². The van der Waals surface area contributed by atoms with Crippen molar-refractivity contribution in [2.24, 2.45) is 0 Å². The van der Waals surface area contributed by atoms with Crippen LogP contribution in [0.1, 0.15) is 10.8 Å². The van der Waals surface area contributed by atoms with Crippen LogP contribution in [0, 0.1) is 10.1 Å². The minimum Gasteiger partial charge on any atom is -0.323 e. The van der Waals surface area contributed by atoms with E-state index in [1.165, 1.54) is 30.0 Å². The van der Waals surface area contributed by atoms with E-state index in [0.29, 0.717) is 5.69 Å². The number of halogens is 1. The molecular formula is C20H15ClN2O3S. The molecule has 0 bridgehead atoms. The molecule has 0 aliphatic carbocycles. The van der Waals surface area contributed by atoms with Gasteiger partial charge in [0.25, 0.3) is 5.69 Å². The number of anilines is 1. The van der Waals surface area contributed by atoms with Gasteiger partial charge < -0.3 is 5.32 Å². The van der Waals surface area contributed by atoms with E-state index >= 15 is 0 Å². The molecule has 0 aliphatic heterocycles. The van der Waals surface area contributed by atoms with Crippen molar-refractivity contribution in [3.05, 3.63) is 99.6 Å². The van der Waals surface area contributed by atoms with E-state index in [1.54, 1.807) is 0 Å². The lowest BCUT2D eigenvalue weighted by atomic mass is 10.1. The summed E-state index contributed by atoms with van der Waals surface area (Å²) in [5, 5.41) is 13.2. The number of nitrogens with one attached hydrogen (secondary N) is 1. The van der Waals surface area contributed by atoms with Crippen LogP contribution in [0.2, 0.25) is 5.02 Å². The summed E-state index contributed by atoms with van der Waals surface area (Å²) in [4.78, 5) is 24.2. The standard InChI is InChI=1S/C20H15ClN2O3S/c21-17-13-15(23(25)26)11-12-18(17)22-20(24)19(14-7-3-1-4-8-14)27-16-9-5-2-6-10-16/h1-13,19H,(H,22,24)/t19-/m1/s1. The average Bonchev–Trinajstić information content (AvgIpc) is 2.69. The van der Waals surface area contributed by atoms with Gasteiger partial charge >= 0.3 is 0 Å². The lowest BCUT2D eigenvalue weighted by Gasteiger charge is -2.17. The Morgan fingerprint density at radius 1 is 1.00 bits per heavy atom. The van der Waals surface area contributed by atoms with Gasteiger partial charge in [0.2, 0.25) is 5.91 Å². The maximum absolute atomic E-state index is 13.0. The highest BCUT2D eigenvalue weighted by Gasteiger charge is 2.23. The molecule has 0 aromatic heterocycles. The largest absolute Gasteiger partial charge is 0.323 e. The first kappa shape index (κ1) is 18.9. The molecule has 7 heteroatoms. The number of thioether (sulfide) groups is 1. The molecule has 0 unspecified atom stereocenters. The molecule has 0 fully saturated rings. The highest BCUT2D eigenvalue weighted by Crippen LogP contribution is 2.37. The summed E-state index contributed by atoms with van der Waals surface area (Å²) in [6.45, 7) is 0. The third-order valence-electron chi connectivity index (χ3n) is 3.76. The molecule has 1 amide bonds. The smallest absolute Gasteiger partial charge is 0.271 e. The lowest BCUT2D eigenvalue weighted by molar-refractivity contribution is -0.384. The maximum Gasteiger partial charge on any atom is 0.271 e. The van der Waals surface area contributed by atoms with Crippen LogP contribution in [0.5, 0.6) is 0 Å². The van der Waals surface area contributed by atoms with Crippen LogP contribution >= 0.6 is 23.4 Å². The Kier molecular flexibility index (Phi) is 6.11. The third-order valence-corrected chi connectivity index (χ3v) is 5.34. The second-order valence-electron chi connectivity index (χ2n) is 5.63. The number of hydrogen-bond acceptors (Lipinski definition) is 4. The number of carbonyl (C=O) groups is 1. The fourth-order valence-electron chi connectivity index (χ4n) is 2.45. The normalized spacial score (nSPS) is 11.6. The number of carbonyl (C=O) groups excluding carboxylic acids is 1. The molecule has 27 heavy (non-hydrogen) atoms. The van der Waals surface area contributed by atoms with E-state index < -0.39 is 10.2 Å². The number of nitro groups is 1. The first-order valence-corrected chi connectivity index (χ1v) is 9.32. The molecule has 0 heterocycles. The first-order valence-electron chi connectivity index (χ1n) is 8.06. The van der Waals surface area contributed by atoms with Gasteiger partial charge in [0, 0.05) is 17.0 Å². The molecule has 3 aromatic rings. The van der Waals surface area contributed by atoms with Crippen molar-refractivity contribution in [1.82, 2.24) is 0 Å². The fraction of sp³-hybridized carbons (Fsp3) is 0.0500. The molecule has 1 atom stereocenters. The second kappa shape index (κ2) is 8.70. The van der Waals surface area contributed by atoms with Gasteiger partial charge in [0.1, 0.15) is 5.25 Å². The zero-order valence-corrected chi connectivity index (χ0v) is 15.6. The molecule has 3 aromatic carbocycles. The summed E-state index contributed by atoms with van der Waals surface area (Å²) in [7, 11) is 0. The number of non-ortho nitro benzene ring substituents is 1. The number of benzene rings is 3. The molecule has 0 spiro atoms. The molecule has 136 valence electrons. The highest BCUT2D eigenvalue weighted by atomic mass is 35.5. The van der Waals surface area contributed by atoms with E-state index in [0.717, 1.165) is 10.5 Å². The molecule has 0 saturated carbocycles. The minimum atomic E-state index is -0.532. The lowest BCUT2D eigenvalue weighted by Crippen LogP contribution is -2.19. The van der Waals surface area contributed by atoms with Gasteiger partial charge in [-0.1, -0.05) is 60.1 Å². The van der Waals surface area contributed by atoms with E-state index in [1.807, 2.05) is 60.7 Å². The van der Waals surface area contributed by atoms with Gasteiger partial charge in [-0.25, -0.2) is 0 Å². The van der Waals surface area contributed by atoms with Crippen molar-refractivity contribution in [3.8, 4) is 0 Å². The predicted molar refractivity (Wildman–Crippen MR) is 108 cm³/mol. The van der Waals surface area contributed by atoms with Crippen molar-refractivity contribution in [3.63, 3.8) is 0 Å². The van der Waals surface area contributed by atoms with Crippen LogP contribution in [0.15, 0.2) is 83.8 Å². The van der Waals surface area contributed by atoms with Gasteiger partial charge in [-0.3, -0.25) is 14.9 Å². The Balaban J connectivity index is 1.86. The first-order chi connectivity index (χ1) is 13.0. The average molecular weight is 399 g/mol. The summed E-state index contributed by atoms with van der Waals surface area (Å²) in [5.74, 6) is -0.259. The van der Waals surface area contributed by atoms with Crippen LogP contribution in [-0.2, 0) is 4.79 Å². The zero-order valence-electron chi connectivity index (χ0n) is 14.0. The minimum absolute atomic E-state index is 0.120. The van der Waals surface area contributed by atoms with Crippen LogP contribution < -0.4 is 5.32 Å². The van der Waals surface area contributed by atoms with Gasteiger partial charge in [0.15, 0.2) is 0 Å². The Morgan fingerprint density at radius 3 is 2.22 bits per heavy atom. The van der Waals surface area contributed by atoms with Gasteiger partial charge in [-0.15, -0.1) is 11.8 Å². The number of amides is 1. The van der Waals surface area contributed by atoms with Crippen LogP contribution in [0.3, 0.4) is 0 Å². The summed E-state index contributed by atoms with van der Waals surface area (Å²) in [6.07, 6.45) is 0. The molecule has 5 nitrogen and oxygen atoms in total. The monoisotopic (exact) mass is 398 g/mol. The summed E-state index contributed by atoms with van der Waals surface area (Å²) in [5.41, 5.74) is 1.06. The molecular weight excluding hydrogens is 384 g/mol. The third kappa shape index (κ3) is 4.87. The SMILES string of the molecule is O=C(Nc1ccc([N+](=O)[O-])cc1Cl)[C@H](Sc1ccccc1)c1ccccc1. The van der Waals surface area contributed by atoms with E-state index in [2.05, 4.69) is 5.32 Å². The molecule has 0 aliphatic rings. The van der Waals surface area contributed by atoms with Crippen molar-refractivity contribution >= 4 is 40.6 Å². The second-order valence-corrected chi connectivity index (χ2v) is 7.22. The van der Waals surface area contributed by atoms with Gasteiger partial charge in [-0.2, -0.15) is 0 Å². The van der Waals surface area contributed by atoms with Crippen molar-refractivity contribution in [1.29, 1.82) is 0 Å². The van der Waals surface area contributed by atoms with Gasteiger partial charge in [0.05, 0.1) is 15.6 Å². The Morgan fingerprint density at radius 2 is 1.63 bits per heavy atom. The molecule has 0 radical (unpaired) electrons. The van der Waals surface area contributed by atoms with E-state index in [4.69, 9.17) is 11.6 Å². The van der Waals surface area contributed by atoms with Crippen LogP contribution in [0.4, 0.5) is 11.4 Å². The number of hydrogen-bond donors (Lipinski definition) is 1. The predicted octanol–water partition coefficient (Wildman–Crippen LogP) is 5.72. The summed E-state index contributed by atoms with van der Waals surface area (Å²) >= 11 is 7.52. The zero-order chi connectivity index (χ0) is 19.2. The number of nitrogens with zero attached hydrogens (tertiary/aromatic N) is 1. The van der Waals surface area contributed by atoms with Crippen LogP contribution in [-0.4, -0.2) is 10.8 Å². The Labute approximate surface area is 165 Å². The Bertz CT molecular complexity index is 952. The topological polar surface area (TPSA) is 72.2 Å². The van der Waals surface area contributed by atoms with Crippen molar-refractivity contribution in [2.75, 3.05) is 5.32 Å². The van der Waals surface area contributed by atoms with Crippen LogP contribution in [0.25, 0.3) is 0 Å².